The van der Waals surface area contributed by atoms with Crippen LogP contribution in [-0.2, 0) is 11.3 Å². The Hall–Kier alpha value is -3.05. The number of carbonyl (C=O) groups excluding carboxylic acids is 1. The van der Waals surface area contributed by atoms with Gasteiger partial charge in [0.05, 0.1) is 13.2 Å². The van der Waals surface area contributed by atoms with Gasteiger partial charge in [0.2, 0.25) is 0 Å². The zero-order valence-corrected chi connectivity index (χ0v) is 18.4. The highest BCUT2D eigenvalue weighted by Crippen LogP contribution is 2.44. The molecule has 152 valence electrons. The van der Waals surface area contributed by atoms with E-state index >= 15 is 0 Å². The van der Waals surface area contributed by atoms with E-state index < -0.39 is 0 Å². The van der Waals surface area contributed by atoms with Gasteiger partial charge in [0, 0.05) is 16.6 Å². The molecular formula is C25H22BrNO3. The molecule has 0 aromatic heterocycles. The van der Waals surface area contributed by atoms with E-state index in [2.05, 4.69) is 15.9 Å². The van der Waals surface area contributed by atoms with E-state index in [9.17, 15) is 9.90 Å². The zero-order valence-electron chi connectivity index (χ0n) is 16.8. The van der Waals surface area contributed by atoms with Crippen molar-refractivity contribution >= 4 is 27.4 Å². The number of aliphatic hydroxyl groups excluding tert-OH is 1. The Morgan fingerprint density at radius 3 is 2.40 bits per heavy atom. The predicted molar refractivity (Wildman–Crippen MR) is 121 cm³/mol. The quantitative estimate of drug-likeness (QED) is 0.518. The third-order valence-corrected chi connectivity index (χ3v) is 5.87. The number of halogens is 1. The summed E-state index contributed by atoms with van der Waals surface area (Å²) in [5, 5.41) is 10.9. The Kier molecular flexibility index (Phi) is 5.64. The second-order valence-electron chi connectivity index (χ2n) is 7.37. The van der Waals surface area contributed by atoms with Crippen LogP contribution in [0.2, 0.25) is 0 Å². The largest absolute Gasteiger partial charge is 0.503 e. The Morgan fingerprint density at radius 1 is 1.03 bits per heavy atom. The maximum absolute atomic E-state index is 13.1. The maximum atomic E-state index is 13.1. The summed E-state index contributed by atoms with van der Waals surface area (Å²) >= 11 is 3.47. The predicted octanol–water partition coefficient (Wildman–Crippen LogP) is 5.82. The van der Waals surface area contributed by atoms with Crippen LogP contribution in [0, 0.1) is 6.92 Å². The number of carbonyl (C=O) groups is 1. The van der Waals surface area contributed by atoms with Gasteiger partial charge in [0.25, 0.3) is 5.91 Å². The van der Waals surface area contributed by atoms with Crippen LogP contribution in [0.4, 0.5) is 0 Å². The first-order valence-corrected chi connectivity index (χ1v) is 10.5. The first-order valence-electron chi connectivity index (χ1n) is 9.67. The van der Waals surface area contributed by atoms with Crippen LogP contribution >= 0.6 is 15.9 Å². The minimum absolute atomic E-state index is 0.199. The number of hydrogen-bond donors (Lipinski definition) is 1. The fourth-order valence-electron chi connectivity index (χ4n) is 3.80. The fourth-order valence-corrected chi connectivity index (χ4v) is 4.07. The number of methoxy groups -OCH3 is 1. The van der Waals surface area contributed by atoms with Crippen molar-refractivity contribution in [1.29, 1.82) is 0 Å². The first-order chi connectivity index (χ1) is 14.5. The van der Waals surface area contributed by atoms with E-state index in [1.165, 1.54) is 0 Å². The molecule has 0 radical (unpaired) electrons. The van der Waals surface area contributed by atoms with Gasteiger partial charge >= 0.3 is 0 Å². The van der Waals surface area contributed by atoms with Gasteiger partial charge in [0.15, 0.2) is 5.76 Å². The lowest BCUT2D eigenvalue weighted by atomic mass is 9.93. The number of ether oxygens (including phenoxy) is 1. The summed E-state index contributed by atoms with van der Waals surface area (Å²) in [6.07, 6.45) is 0. The number of nitrogens with zero attached hydrogens (tertiary/aromatic N) is 1. The van der Waals surface area contributed by atoms with Crippen molar-refractivity contribution in [2.24, 2.45) is 0 Å². The molecule has 1 amide bonds. The molecule has 1 atom stereocenters. The average molecular weight is 464 g/mol. The van der Waals surface area contributed by atoms with Crippen LogP contribution in [0.1, 0.15) is 28.3 Å². The van der Waals surface area contributed by atoms with Gasteiger partial charge in [-0.2, -0.15) is 0 Å². The second kappa shape index (κ2) is 8.36. The Labute approximate surface area is 184 Å². The van der Waals surface area contributed by atoms with Crippen molar-refractivity contribution in [3.8, 4) is 5.75 Å². The lowest BCUT2D eigenvalue weighted by Gasteiger charge is -2.27. The van der Waals surface area contributed by atoms with Crippen molar-refractivity contribution in [3.63, 3.8) is 0 Å². The molecule has 0 bridgehead atoms. The van der Waals surface area contributed by atoms with E-state index in [1.807, 2.05) is 79.7 Å². The van der Waals surface area contributed by atoms with Gasteiger partial charge in [-0.25, -0.2) is 0 Å². The molecule has 0 saturated heterocycles. The van der Waals surface area contributed by atoms with E-state index in [-0.39, 0.29) is 17.7 Å². The summed E-state index contributed by atoms with van der Waals surface area (Å²) in [4.78, 5) is 14.9. The van der Waals surface area contributed by atoms with Gasteiger partial charge in [-0.15, -0.1) is 0 Å². The molecule has 1 N–H and O–H groups in total. The Balaban J connectivity index is 1.79. The number of aryl methyl sites for hydroxylation is 1. The van der Waals surface area contributed by atoms with Crippen molar-refractivity contribution in [1.82, 2.24) is 4.90 Å². The van der Waals surface area contributed by atoms with E-state index in [1.54, 1.807) is 12.0 Å². The monoisotopic (exact) mass is 463 g/mol. The first kappa shape index (κ1) is 20.2. The normalized spacial score (nSPS) is 16.3. The fraction of sp³-hybridized carbons (Fsp3) is 0.160. The highest BCUT2D eigenvalue weighted by molar-refractivity contribution is 9.10. The molecule has 0 aliphatic carbocycles. The minimum atomic E-state index is -0.389. The summed E-state index contributed by atoms with van der Waals surface area (Å²) < 4.78 is 6.28. The highest BCUT2D eigenvalue weighted by atomic mass is 79.9. The number of amides is 1. The van der Waals surface area contributed by atoms with Gasteiger partial charge in [-0.3, -0.25) is 4.79 Å². The molecule has 5 heteroatoms. The molecule has 0 unspecified atom stereocenters. The molecule has 3 aromatic rings. The third kappa shape index (κ3) is 3.85. The zero-order chi connectivity index (χ0) is 21.3. The Bertz CT molecular complexity index is 1100. The van der Waals surface area contributed by atoms with Crippen LogP contribution in [0.5, 0.6) is 5.75 Å². The molecule has 3 aromatic carbocycles. The van der Waals surface area contributed by atoms with E-state index in [4.69, 9.17) is 4.74 Å². The van der Waals surface area contributed by atoms with Crippen molar-refractivity contribution < 1.29 is 14.6 Å². The topological polar surface area (TPSA) is 49.8 Å². The van der Waals surface area contributed by atoms with E-state index in [0.29, 0.717) is 12.1 Å². The summed E-state index contributed by atoms with van der Waals surface area (Å²) in [6.45, 7) is 2.37. The van der Waals surface area contributed by atoms with Crippen molar-refractivity contribution in [3.05, 3.63) is 105 Å². The van der Waals surface area contributed by atoms with E-state index in [0.717, 1.165) is 32.5 Å². The third-order valence-electron chi connectivity index (χ3n) is 5.34. The van der Waals surface area contributed by atoms with Crippen LogP contribution in [0.25, 0.3) is 5.57 Å². The molecule has 30 heavy (non-hydrogen) atoms. The highest BCUT2D eigenvalue weighted by Gasteiger charge is 2.41. The van der Waals surface area contributed by atoms with Gasteiger partial charge in [-0.05, 0) is 47.9 Å². The molecular weight excluding hydrogens is 442 g/mol. The lowest BCUT2D eigenvalue weighted by molar-refractivity contribution is -0.130. The standard InChI is InChI=1S/C25H22BrNO3/c1-16-6-8-18(9-7-16)22-23(19-10-12-20(26)13-11-19)27(25(29)24(22)28)15-17-4-3-5-21(14-17)30-2/h3-14,23,28H,15H2,1-2H3/t23-/m0/s1. The summed E-state index contributed by atoms with van der Waals surface area (Å²) in [5.41, 5.74) is 4.46. The SMILES string of the molecule is COc1cccc(CN2C(=O)C(O)=C(c3ccc(C)cc3)[C@@H]2c2ccc(Br)cc2)c1. The molecule has 0 spiro atoms. The molecule has 0 fully saturated rings. The minimum Gasteiger partial charge on any atom is -0.503 e. The summed E-state index contributed by atoms with van der Waals surface area (Å²) in [5.74, 6) is 0.159. The maximum Gasteiger partial charge on any atom is 0.290 e. The lowest BCUT2D eigenvalue weighted by Crippen LogP contribution is -2.29. The van der Waals surface area contributed by atoms with Crippen molar-refractivity contribution in [2.45, 2.75) is 19.5 Å². The number of hydrogen-bond acceptors (Lipinski definition) is 3. The van der Waals surface area contributed by atoms with Crippen molar-refractivity contribution in [2.75, 3.05) is 7.11 Å². The van der Waals surface area contributed by atoms with Crippen LogP contribution in [0.3, 0.4) is 0 Å². The molecule has 4 nitrogen and oxygen atoms in total. The van der Waals surface area contributed by atoms with Crippen LogP contribution in [-0.4, -0.2) is 23.0 Å². The number of benzene rings is 3. The molecule has 1 aliphatic heterocycles. The van der Waals surface area contributed by atoms with Crippen LogP contribution < -0.4 is 4.74 Å². The Morgan fingerprint density at radius 2 is 1.73 bits per heavy atom. The molecule has 1 heterocycles. The number of rotatable bonds is 5. The number of aliphatic hydroxyl groups is 1. The van der Waals surface area contributed by atoms with Gasteiger partial charge < -0.3 is 14.7 Å². The van der Waals surface area contributed by atoms with Crippen LogP contribution in [0.15, 0.2) is 83.0 Å². The molecule has 0 saturated carbocycles. The van der Waals surface area contributed by atoms with Gasteiger partial charge in [-0.1, -0.05) is 70.0 Å². The van der Waals surface area contributed by atoms with Gasteiger partial charge in [0.1, 0.15) is 5.75 Å². The second-order valence-corrected chi connectivity index (χ2v) is 8.28. The molecule has 4 rings (SSSR count). The average Bonchev–Trinajstić information content (AvgIpc) is 3.00. The molecule has 1 aliphatic rings. The smallest absolute Gasteiger partial charge is 0.290 e. The summed E-state index contributed by atoms with van der Waals surface area (Å²) in [7, 11) is 1.62. The summed E-state index contributed by atoms with van der Waals surface area (Å²) in [6, 6.07) is 23.0.